The van der Waals surface area contributed by atoms with Crippen LogP contribution in [0.15, 0.2) is 24.3 Å². The molecular formula is C13H17NO3. The number of amides is 1. The number of nitrogens with one attached hydrogen (secondary N) is 1. The first-order valence-corrected chi connectivity index (χ1v) is 5.67. The SMILES string of the molecule is CCCNC(=O)C(C)Oc1ccccc1C=O. The van der Waals surface area contributed by atoms with E-state index >= 15 is 0 Å². The van der Waals surface area contributed by atoms with Crippen molar-refractivity contribution in [3.63, 3.8) is 0 Å². The van der Waals surface area contributed by atoms with Gasteiger partial charge in [-0.2, -0.15) is 0 Å². The summed E-state index contributed by atoms with van der Waals surface area (Å²) in [6.07, 6.45) is 0.984. The van der Waals surface area contributed by atoms with Crippen LogP contribution in [0.2, 0.25) is 0 Å². The lowest BCUT2D eigenvalue weighted by atomic mass is 10.2. The molecule has 0 spiro atoms. The Kier molecular flexibility index (Phi) is 5.20. The summed E-state index contributed by atoms with van der Waals surface area (Å²) < 4.78 is 5.45. The molecule has 1 unspecified atom stereocenters. The van der Waals surface area contributed by atoms with Crippen LogP contribution >= 0.6 is 0 Å². The van der Waals surface area contributed by atoms with E-state index in [4.69, 9.17) is 4.74 Å². The minimum absolute atomic E-state index is 0.174. The summed E-state index contributed by atoms with van der Waals surface area (Å²) in [5.41, 5.74) is 0.447. The molecule has 0 fully saturated rings. The van der Waals surface area contributed by atoms with Crippen LogP contribution in [-0.2, 0) is 4.79 Å². The number of hydrogen-bond acceptors (Lipinski definition) is 3. The summed E-state index contributed by atoms with van der Waals surface area (Å²) in [6.45, 7) is 4.27. The fraction of sp³-hybridized carbons (Fsp3) is 0.385. The Morgan fingerprint density at radius 2 is 2.18 bits per heavy atom. The largest absolute Gasteiger partial charge is 0.480 e. The highest BCUT2D eigenvalue weighted by atomic mass is 16.5. The van der Waals surface area contributed by atoms with Crippen LogP contribution in [0, 0.1) is 0 Å². The predicted molar refractivity (Wildman–Crippen MR) is 65.2 cm³/mol. The lowest BCUT2D eigenvalue weighted by Gasteiger charge is -2.15. The summed E-state index contributed by atoms with van der Waals surface area (Å²) in [4.78, 5) is 22.4. The molecule has 0 saturated carbocycles. The van der Waals surface area contributed by atoms with Gasteiger partial charge in [-0.05, 0) is 25.5 Å². The summed E-state index contributed by atoms with van der Waals surface area (Å²) in [7, 11) is 0. The standard InChI is InChI=1S/C13H17NO3/c1-3-8-14-13(16)10(2)17-12-7-5-4-6-11(12)9-15/h4-7,9-10H,3,8H2,1-2H3,(H,14,16). The third-order valence-electron chi connectivity index (χ3n) is 2.27. The minimum Gasteiger partial charge on any atom is -0.480 e. The highest BCUT2D eigenvalue weighted by molar-refractivity contribution is 5.82. The van der Waals surface area contributed by atoms with Gasteiger partial charge >= 0.3 is 0 Å². The topological polar surface area (TPSA) is 55.4 Å². The number of benzene rings is 1. The Morgan fingerprint density at radius 3 is 2.82 bits per heavy atom. The molecule has 0 heterocycles. The van der Waals surface area contributed by atoms with Crippen LogP contribution < -0.4 is 10.1 Å². The first-order valence-electron chi connectivity index (χ1n) is 5.67. The zero-order valence-electron chi connectivity index (χ0n) is 10.1. The molecule has 1 atom stereocenters. The summed E-state index contributed by atoms with van der Waals surface area (Å²) in [5, 5.41) is 2.74. The second kappa shape index (κ2) is 6.68. The number of carbonyl (C=O) groups excluding carboxylic acids is 2. The first-order chi connectivity index (χ1) is 8.19. The molecule has 17 heavy (non-hydrogen) atoms. The molecule has 1 rings (SSSR count). The second-order valence-electron chi connectivity index (χ2n) is 3.71. The van der Waals surface area contributed by atoms with Crippen molar-refractivity contribution in [3.05, 3.63) is 29.8 Å². The van der Waals surface area contributed by atoms with Crippen LogP contribution in [0.25, 0.3) is 0 Å². The Bertz CT molecular complexity index is 390. The fourth-order valence-corrected chi connectivity index (χ4v) is 1.32. The molecule has 0 aromatic heterocycles. The number of para-hydroxylation sites is 1. The van der Waals surface area contributed by atoms with Crippen molar-refractivity contribution in [2.75, 3.05) is 6.54 Å². The predicted octanol–water partition coefficient (Wildman–Crippen LogP) is 1.79. The van der Waals surface area contributed by atoms with Crippen molar-refractivity contribution in [1.82, 2.24) is 5.32 Å². The Balaban J connectivity index is 2.64. The van der Waals surface area contributed by atoms with Gasteiger partial charge in [0.15, 0.2) is 12.4 Å². The smallest absolute Gasteiger partial charge is 0.260 e. The van der Waals surface area contributed by atoms with Gasteiger partial charge in [-0.15, -0.1) is 0 Å². The van der Waals surface area contributed by atoms with Gasteiger partial charge in [-0.1, -0.05) is 19.1 Å². The Hall–Kier alpha value is -1.84. The molecule has 1 amide bonds. The fourth-order valence-electron chi connectivity index (χ4n) is 1.32. The lowest BCUT2D eigenvalue weighted by Crippen LogP contribution is -2.36. The minimum atomic E-state index is -0.609. The van der Waals surface area contributed by atoms with Crippen molar-refractivity contribution in [3.8, 4) is 5.75 Å². The number of hydrogen-bond donors (Lipinski definition) is 1. The maximum Gasteiger partial charge on any atom is 0.260 e. The van der Waals surface area contributed by atoms with E-state index in [0.717, 1.165) is 6.42 Å². The molecule has 1 N–H and O–H groups in total. The van der Waals surface area contributed by atoms with Crippen LogP contribution in [0.5, 0.6) is 5.75 Å². The zero-order valence-corrected chi connectivity index (χ0v) is 10.1. The monoisotopic (exact) mass is 235 g/mol. The van der Waals surface area contributed by atoms with Gasteiger partial charge in [-0.25, -0.2) is 0 Å². The number of aldehydes is 1. The summed E-state index contributed by atoms with van der Waals surface area (Å²) in [6, 6.07) is 6.84. The van der Waals surface area contributed by atoms with Crippen LogP contribution in [0.1, 0.15) is 30.6 Å². The molecular weight excluding hydrogens is 218 g/mol. The summed E-state index contributed by atoms with van der Waals surface area (Å²) >= 11 is 0. The van der Waals surface area contributed by atoms with E-state index in [9.17, 15) is 9.59 Å². The number of ether oxygens (including phenoxy) is 1. The van der Waals surface area contributed by atoms with Gasteiger partial charge in [0, 0.05) is 6.54 Å². The summed E-state index contributed by atoms with van der Waals surface area (Å²) in [5.74, 6) is 0.259. The molecule has 1 aromatic carbocycles. The highest BCUT2D eigenvalue weighted by Gasteiger charge is 2.15. The molecule has 0 aliphatic heterocycles. The van der Waals surface area contributed by atoms with Crippen molar-refractivity contribution in [2.45, 2.75) is 26.4 Å². The van der Waals surface area contributed by atoms with Crippen molar-refractivity contribution >= 4 is 12.2 Å². The Morgan fingerprint density at radius 1 is 1.47 bits per heavy atom. The highest BCUT2D eigenvalue weighted by Crippen LogP contribution is 2.17. The number of rotatable bonds is 6. The molecule has 1 aromatic rings. The van der Waals surface area contributed by atoms with Gasteiger partial charge in [0.25, 0.3) is 5.91 Å². The average Bonchev–Trinajstić information content (AvgIpc) is 2.36. The van der Waals surface area contributed by atoms with Crippen molar-refractivity contribution in [2.24, 2.45) is 0 Å². The quantitative estimate of drug-likeness (QED) is 0.765. The van der Waals surface area contributed by atoms with E-state index in [0.29, 0.717) is 24.1 Å². The lowest BCUT2D eigenvalue weighted by molar-refractivity contribution is -0.127. The molecule has 92 valence electrons. The Labute approximate surface area is 101 Å². The van der Waals surface area contributed by atoms with Gasteiger partial charge in [0.2, 0.25) is 0 Å². The van der Waals surface area contributed by atoms with E-state index in [1.807, 2.05) is 6.92 Å². The molecule has 0 aliphatic rings. The molecule has 0 aliphatic carbocycles. The normalized spacial score (nSPS) is 11.6. The first kappa shape index (κ1) is 13.2. The van der Waals surface area contributed by atoms with E-state index < -0.39 is 6.10 Å². The molecule has 0 radical (unpaired) electrons. The second-order valence-corrected chi connectivity index (χ2v) is 3.71. The van der Waals surface area contributed by atoms with Gasteiger partial charge in [0.1, 0.15) is 5.75 Å². The van der Waals surface area contributed by atoms with Crippen LogP contribution in [0.4, 0.5) is 0 Å². The molecule has 4 heteroatoms. The van der Waals surface area contributed by atoms with E-state index in [2.05, 4.69) is 5.32 Å². The van der Waals surface area contributed by atoms with Crippen molar-refractivity contribution in [1.29, 1.82) is 0 Å². The maximum atomic E-state index is 11.6. The third kappa shape index (κ3) is 3.90. The van der Waals surface area contributed by atoms with Gasteiger partial charge in [0.05, 0.1) is 5.56 Å². The van der Waals surface area contributed by atoms with Crippen molar-refractivity contribution < 1.29 is 14.3 Å². The van der Waals surface area contributed by atoms with Crippen LogP contribution in [0.3, 0.4) is 0 Å². The zero-order chi connectivity index (χ0) is 12.7. The van der Waals surface area contributed by atoms with Gasteiger partial charge in [-0.3, -0.25) is 9.59 Å². The van der Waals surface area contributed by atoms with Crippen LogP contribution in [-0.4, -0.2) is 24.8 Å². The average molecular weight is 235 g/mol. The third-order valence-corrected chi connectivity index (χ3v) is 2.27. The maximum absolute atomic E-state index is 11.6. The van der Waals surface area contributed by atoms with Gasteiger partial charge < -0.3 is 10.1 Å². The molecule has 0 saturated heterocycles. The van der Waals surface area contributed by atoms with E-state index in [1.165, 1.54) is 0 Å². The number of carbonyl (C=O) groups is 2. The van der Waals surface area contributed by atoms with E-state index in [1.54, 1.807) is 31.2 Å². The molecule has 0 bridgehead atoms. The molecule has 4 nitrogen and oxygen atoms in total. The van der Waals surface area contributed by atoms with E-state index in [-0.39, 0.29) is 5.91 Å².